The number of rotatable bonds is 7. The molecule has 0 aliphatic carbocycles. The summed E-state index contributed by atoms with van der Waals surface area (Å²) in [5, 5.41) is 0. The van der Waals surface area contributed by atoms with Gasteiger partial charge in [-0.05, 0) is 62.3 Å². The summed E-state index contributed by atoms with van der Waals surface area (Å²) in [6, 6.07) is 3.09. The number of ether oxygens (including phenoxy) is 2. The molecule has 0 saturated carbocycles. The second-order valence-electron chi connectivity index (χ2n) is 10.1. The number of anilines is 1. The summed E-state index contributed by atoms with van der Waals surface area (Å²) in [4.78, 5) is 24.6. The minimum absolute atomic E-state index is 0.115. The van der Waals surface area contributed by atoms with Gasteiger partial charge in [0.2, 0.25) is 5.95 Å². The quantitative estimate of drug-likeness (QED) is 0.611. The van der Waals surface area contributed by atoms with Crippen LogP contribution >= 0.6 is 0 Å². The van der Waals surface area contributed by atoms with Crippen LogP contribution in [0.2, 0.25) is 0 Å². The number of aromatic nitrogens is 2. The van der Waals surface area contributed by atoms with E-state index in [-0.39, 0.29) is 29.7 Å². The molecule has 4 rings (SSSR count). The zero-order valence-corrected chi connectivity index (χ0v) is 21.1. The Morgan fingerprint density at radius 3 is 2.50 bits per heavy atom. The standard InChI is InChI=1S/C26H35F2N5O3/c1-16(2)36-26(34)32-8-6-18(7-9-32)17(3)15-35-20-11-30-25(31-12-20)33-13-22(24(29)14-33)21-10-19(27)4-5-23(21)28/h4-5,10-12,16-18,22,24H,6-9,13-15,29H2,1-3H3/t17-,22-,24+/m0/s1. The highest BCUT2D eigenvalue weighted by Crippen LogP contribution is 2.31. The third kappa shape index (κ3) is 6.21. The maximum absolute atomic E-state index is 14.3. The van der Waals surface area contributed by atoms with Gasteiger partial charge in [0.15, 0.2) is 5.75 Å². The lowest BCUT2D eigenvalue weighted by Crippen LogP contribution is -2.41. The summed E-state index contributed by atoms with van der Waals surface area (Å²) in [6.07, 6.45) is 4.72. The van der Waals surface area contributed by atoms with Crippen LogP contribution in [0.3, 0.4) is 0 Å². The second-order valence-corrected chi connectivity index (χ2v) is 10.1. The highest BCUT2D eigenvalue weighted by molar-refractivity contribution is 5.67. The number of carbonyl (C=O) groups excluding carboxylic acids is 1. The van der Waals surface area contributed by atoms with Crippen LogP contribution in [-0.2, 0) is 4.74 Å². The second kappa shape index (κ2) is 11.4. The summed E-state index contributed by atoms with van der Waals surface area (Å²) in [6.45, 7) is 8.62. The summed E-state index contributed by atoms with van der Waals surface area (Å²) >= 11 is 0. The Labute approximate surface area is 210 Å². The summed E-state index contributed by atoms with van der Waals surface area (Å²) in [7, 11) is 0. The Morgan fingerprint density at radius 1 is 1.14 bits per heavy atom. The third-order valence-corrected chi connectivity index (χ3v) is 7.07. The molecule has 1 amide bonds. The zero-order chi connectivity index (χ0) is 25.8. The molecule has 2 aliphatic rings. The molecule has 0 spiro atoms. The van der Waals surface area contributed by atoms with Crippen LogP contribution < -0.4 is 15.4 Å². The van der Waals surface area contributed by atoms with E-state index in [0.717, 1.165) is 25.0 Å². The van der Waals surface area contributed by atoms with E-state index in [2.05, 4.69) is 16.9 Å². The number of benzene rings is 1. The third-order valence-electron chi connectivity index (χ3n) is 7.07. The normalized spacial score (nSPS) is 21.6. The Balaban J connectivity index is 1.26. The van der Waals surface area contributed by atoms with E-state index >= 15 is 0 Å². The monoisotopic (exact) mass is 503 g/mol. The Morgan fingerprint density at radius 2 is 1.83 bits per heavy atom. The first-order valence-electron chi connectivity index (χ1n) is 12.6. The molecule has 1 aromatic carbocycles. The van der Waals surface area contributed by atoms with Gasteiger partial charge in [0.05, 0.1) is 25.1 Å². The van der Waals surface area contributed by atoms with Crippen LogP contribution in [0.5, 0.6) is 5.75 Å². The van der Waals surface area contributed by atoms with Gasteiger partial charge in [0.1, 0.15) is 11.6 Å². The predicted octanol–water partition coefficient (Wildman–Crippen LogP) is 3.96. The molecule has 1 aromatic heterocycles. The van der Waals surface area contributed by atoms with Crippen molar-refractivity contribution in [1.82, 2.24) is 14.9 Å². The van der Waals surface area contributed by atoms with Crippen LogP contribution in [-0.4, -0.2) is 65.9 Å². The molecule has 3 atom stereocenters. The van der Waals surface area contributed by atoms with Gasteiger partial charge >= 0.3 is 6.09 Å². The van der Waals surface area contributed by atoms with Gasteiger partial charge in [-0.25, -0.2) is 23.5 Å². The number of halogens is 2. The van der Waals surface area contributed by atoms with Gasteiger partial charge in [-0.2, -0.15) is 0 Å². The Bertz CT molecular complexity index is 1030. The Kier molecular flexibility index (Phi) is 8.23. The van der Waals surface area contributed by atoms with E-state index in [1.165, 1.54) is 6.07 Å². The van der Waals surface area contributed by atoms with E-state index < -0.39 is 11.6 Å². The lowest BCUT2D eigenvalue weighted by atomic mass is 9.86. The molecule has 10 heteroatoms. The number of hydrogen-bond donors (Lipinski definition) is 1. The Hall–Kier alpha value is -3.01. The molecule has 8 nitrogen and oxygen atoms in total. The van der Waals surface area contributed by atoms with Crippen LogP contribution in [0.15, 0.2) is 30.6 Å². The molecular weight excluding hydrogens is 468 g/mol. The van der Waals surface area contributed by atoms with E-state index in [1.807, 2.05) is 18.7 Å². The highest BCUT2D eigenvalue weighted by Gasteiger charge is 2.34. The van der Waals surface area contributed by atoms with Gasteiger partial charge in [-0.15, -0.1) is 0 Å². The molecule has 2 saturated heterocycles. The molecule has 2 fully saturated rings. The number of likely N-dealkylation sites (tertiary alicyclic amines) is 1. The summed E-state index contributed by atoms with van der Waals surface area (Å²) in [5.74, 6) is 0.526. The number of piperidine rings is 1. The first kappa shape index (κ1) is 26.1. The molecule has 36 heavy (non-hydrogen) atoms. The largest absolute Gasteiger partial charge is 0.490 e. The van der Waals surface area contributed by atoms with Crippen molar-refractivity contribution in [1.29, 1.82) is 0 Å². The first-order chi connectivity index (χ1) is 17.2. The van der Waals surface area contributed by atoms with Gasteiger partial charge in [-0.3, -0.25) is 0 Å². The number of amides is 1. The average Bonchev–Trinajstić information content (AvgIpc) is 3.25. The lowest BCUT2D eigenvalue weighted by molar-refractivity contribution is 0.0577. The molecule has 0 bridgehead atoms. The van der Waals surface area contributed by atoms with E-state index in [9.17, 15) is 13.6 Å². The fourth-order valence-electron chi connectivity index (χ4n) is 4.96. The predicted molar refractivity (Wildman–Crippen MR) is 132 cm³/mol. The minimum Gasteiger partial charge on any atom is -0.490 e. The smallest absolute Gasteiger partial charge is 0.410 e. The minimum atomic E-state index is -0.483. The molecule has 2 N–H and O–H groups in total. The fourth-order valence-corrected chi connectivity index (χ4v) is 4.96. The fraction of sp³-hybridized carbons (Fsp3) is 0.577. The summed E-state index contributed by atoms with van der Waals surface area (Å²) in [5.41, 5.74) is 6.53. The number of nitrogens with two attached hydrogens (primary N) is 1. The molecule has 2 aliphatic heterocycles. The molecule has 0 radical (unpaired) electrons. The van der Waals surface area contributed by atoms with Crippen molar-refractivity contribution in [2.24, 2.45) is 17.6 Å². The number of carbonyl (C=O) groups is 1. The van der Waals surface area contributed by atoms with Gasteiger partial charge in [0, 0.05) is 38.1 Å². The van der Waals surface area contributed by atoms with Crippen LogP contribution in [0.4, 0.5) is 19.5 Å². The molecule has 3 heterocycles. The van der Waals surface area contributed by atoms with Crippen molar-refractivity contribution in [2.75, 3.05) is 37.7 Å². The van der Waals surface area contributed by atoms with Crippen molar-refractivity contribution in [3.8, 4) is 5.75 Å². The van der Waals surface area contributed by atoms with Gasteiger partial charge in [0.25, 0.3) is 0 Å². The zero-order valence-electron chi connectivity index (χ0n) is 21.1. The number of nitrogens with zero attached hydrogens (tertiary/aromatic N) is 4. The van der Waals surface area contributed by atoms with Crippen LogP contribution in [0.25, 0.3) is 0 Å². The topological polar surface area (TPSA) is 93.8 Å². The maximum Gasteiger partial charge on any atom is 0.410 e. The van der Waals surface area contributed by atoms with Crippen molar-refractivity contribution >= 4 is 12.0 Å². The average molecular weight is 504 g/mol. The van der Waals surface area contributed by atoms with E-state index in [1.54, 1.807) is 17.3 Å². The first-order valence-corrected chi connectivity index (χ1v) is 12.6. The molecule has 196 valence electrons. The van der Waals surface area contributed by atoms with E-state index in [4.69, 9.17) is 15.2 Å². The van der Waals surface area contributed by atoms with E-state index in [0.29, 0.717) is 56.3 Å². The SMILES string of the molecule is CC(C)OC(=O)N1CCC([C@@H](C)COc2cnc(N3C[C@@H](N)[C@H](c4cc(F)ccc4F)C3)nc2)CC1. The van der Waals surface area contributed by atoms with Crippen molar-refractivity contribution in [2.45, 2.75) is 51.7 Å². The van der Waals surface area contributed by atoms with Crippen LogP contribution in [0, 0.1) is 23.5 Å². The van der Waals surface area contributed by atoms with Crippen LogP contribution in [0.1, 0.15) is 45.1 Å². The van der Waals surface area contributed by atoms with Crippen molar-refractivity contribution in [3.63, 3.8) is 0 Å². The van der Waals surface area contributed by atoms with Crippen molar-refractivity contribution in [3.05, 3.63) is 47.8 Å². The van der Waals surface area contributed by atoms with Crippen molar-refractivity contribution < 1.29 is 23.0 Å². The molecule has 2 aromatic rings. The molecular formula is C26H35F2N5O3. The lowest BCUT2D eigenvalue weighted by Gasteiger charge is -2.34. The van der Waals surface area contributed by atoms with Gasteiger partial charge < -0.3 is 25.0 Å². The van der Waals surface area contributed by atoms with Gasteiger partial charge in [-0.1, -0.05) is 6.92 Å². The molecule has 0 unspecified atom stereocenters. The maximum atomic E-state index is 14.3. The highest BCUT2D eigenvalue weighted by atomic mass is 19.1. The summed E-state index contributed by atoms with van der Waals surface area (Å²) < 4.78 is 39.1. The number of hydrogen-bond acceptors (Lipinski definition) is 7.